The molecule has 0 bridgehead atoms. The van der Waals surface area contributed by atoms with Gasteiger partial charge in [-0.05, 0) is 13.8 Å². The Hall–Kier alpha value is -0.170. The smallest absolute Gasteiger partial charge is 0.214 e. The maximum atomic E-state index is 11.4. The summed E-state index contributed by atoms with van der Waals surface area (Å²) >= 11 is 0. The normalized spacial score (nSPS) is 18.5. The van der Waals surface area contributed by atoms with Crippen molar-refractivity contribution >= 4 is 10.0 Å². The molecule has 1 aliphatic heterocycles. The van der Waals surface area contributed by atoms with E-state index >= 15 is 0 Å². The molecule has 0 radical (unpaired) electrons. The fourth-order valence-corrected chi connectivity index (χ4v) is 2.19. The Morgan fingerprint density at radius 1 is 1.50 bits per heavy atom. The third-order valence-electron chi connectivity index (χ3n) is 1.93. The summed E-state index contributed by atoms with van der Waals surface area (Å²) in [5.41, 5.74) is 0. The summed E-state index contributed by atoms with van der Waals surface area (Å²) in [6.45, 7) is 5.48. The van der Waals surface area contributed by atoms with Gasteiger partial charge in [0.25, 0.3) is 0 Å². The van der Waals surface area contributed by atoms with Crippen molar-refractivity contribution < 1.29 is 13.2 Å². The Labute approximate surface area is 85.3 Å². The molecule has 0 aromatic rings. The van der Waals surface area contributed by atoms with Crippen LogP contribution in [0.25, 0.3) is 0 Å². The molecular weight excluding hydrogens is 204 g/mol. The molecule has 6 heteroatoms. The van der Waals surface area contributed by atoms with E-state index in [1.807, 2.05) is 13.8 Å². The summed E-state index contributed by atoms with van der Waals surface area (Å²) < 4.78 is 30.6. The molecule has 0 amide bonds. The highest BCUT2D eigenvalue weighted by atomic mass is 32.2. The summed E-state index contributed by atoms with van der Waals surface area (Å²) in [5.74, 6) is 0.0433. The predicted octanol–water partition coefficient (Wildman–Crippen LogP) is -0.697. The fraction of sp³-hybridized carbons (Fsp3) is 1.00. The largest absolute Gasteiger partial charge is 0.378 e. The van der Waals surface area contributed by atoms with Crippen LogP contribution >= 0.6 is 0 Å². The van der Waals surface area contributed by atoms with Crippen molar-refractivity contribution in [2.75, 3.05) is 25.4 Å². The van der Waals surface area contributed by atoms with Crippen LogP contribution in [0.3, 0.4) is 0 Å². The molecule has 1 fully saturated rings. The first-order valence-corrected chi connectivity index (χ1v) is 6.47. The van der Waals surface area contributed by atoms with Crippen LogP contribution in [-0.2, 0) is 14.8 Å². The number of ether oxygens (including phenoxy) is 1. The molecule has 1 aliphatic rings. The molecule has 5 nitrogen and oxygen atoms in total. The van der Waals surface area contributed by atoms with Gasteiger partial charge in [-0.15, -0.1) is 0 Å². The lowest BCUT2D eigenvalue weighted by molar-refractivity contribution is 0.0911. The van der Waals surface area contributed by atoms with Crippen molar-refractivity contribution in [3.8, 4) is 0 Å². The Balaban J connectivity index is 2.19. The highest BCUT2D eigenvalue weighted by molar-refractivity contribution is 7.89. The van der Waals surface area contributed by atoms with Gasteiger partial charge >= 0.3 is 0 Å². The molecule has 0 aromatic carbocycles. The molecule has 1 rings (SSSR count). The van der Waals surface area contributed by atoms with Gasteiger partial charge in [-0.1, -0.05) is 0 Å². The molecule has 0 spiro atoms. The molecule has 0 atom stereocenters. The molecule has 14 heavy (non-hydrogen) atoms. The van der Waals surface area contributed by atoms with Crippen LogP contribution in [0.1, 0.15) is 13.8 Å². The minimum atomic E-state index is -3.15. The van der Waals surface area contributed by atoms with Crippen LogP contribution in [-0.4, -0.2) is 46.0 Å². The first kappa shape index (κ1) is 11.9. The van der Waals surface area contributed by atoms with E-state index in [4.69, 9.17) is 4.74 Å². The van der Waals surface area contributed by atoms with Gasteiger partial charge in [-0.3, -0.25) is 0 Å². The Bertz CT molecular complexity index is 260. The molecule has 2 N–H and O–H groups in total. The molecule has 0 saturated carbocycles. The molecule has 1 heterocycles. The lowest BCUT2D eigenvalue weighted by Crippen LogP contribution is -2.57. The Kier molecular flexibility index (Phi) is 4.31. The van der Waals surface area contributed by atoms with Gasteiger partial charge < -0.3 is 10.1 Å². The van der Waals surface area contributed by atoms with Crippen LogP contribution in [0.4, 0.5) is 0 Å². The summed E-state index contributed by atoms with van der Waals surface area (Å²) in [6, 6.07) is 0.0686. The molecule has 84 valence electrons. The van der Waals surface area contributed by atoms with Crippen molar-refractivity contribution in [3.63, 3.8) is 0 Å². The third kappa shape index (κ3) is 4.36. The second-order valence-electron chi connectivity index (χ2n) is 3.71. The summed E-state index contributed by atoms with van der Waals surface area (Å²) in [6.07, 6.45) is 0.0792. The topological polar surface area (TPSA) is 67.4 Å². The summed E-state index contributed by atoms with van der Waals surface area (Å²) in [5, 5.41) is 3.00. The second kappa shape index (κ2) is 5.06. The third-order valence-corrected chi connectivity index (χ3v) is 3.33. The van der Waals surface area contributed by atoms with Crippen molar-refractivity contribution in [2.24, 2.45) is 0 Å². The molecule has 0 aromatic heterocycles. The van der Waals surface area contributed by atoms with Gasteiger partial charge in [0.15, 0.2) is 0 Å². The van der Waals surface area contributed by atoms with E-state index in [-0.39, 0.29) is 24.5 Å². The highest BCUT2D eigenvalue weighted by Crippen LogP contribution is 1.96. The SMILES string of the molecule is CC(C)OCCS(=O)(=O)NC1CNC1. The zero-order valence-electron chi connectivity index (χ0n) is 8.62. The van der Waals surface area contributed by atoms with Crippen molar-refractivity contribution in [2.45, 2.75) is 26.0 Å². The van der Waals surface area contributed by atoms with Crippen molar-refractivity contribution in [1.82, 2.24) is 10.0 Å². The molecule has 0 unspecified atom stereocenters. The van der Waals surface area contributed by atoms with Crippen molar-refractivity contribution in [1.29, 1.82) is 0 Å². The minimum absolute atomic E-state index is 0.0433. The Morgan fingerprint density at radius 3 is 2.57 bits per heavy atom. The number of nitrogens with one attached hydrogen (secondary N) is 2. The van der Waals surface area contributed by atoms with E-state index in [9.17, 15) is 8.42 Å². The van der Waals surface area contributed by atoms with Gasteiger partial charge in [0.05, 0.1) is 18.5 Å². The van der Waals surface area contributed by atoms with Crippen molar-refractivity contribution in [3.05, 3.63) is 0 Å². The maximum absolute atomic E-state index is 11.4. The van der Waals surface area contributed by atoms with Crippen LogP contribution in [0.15, 0.2) is 0 Å². The van der Waals surface area contributed by atoms with Crippen LogP contribution in [0, 0.1) is 0 Å². The lowest BCUT2D eigenvalue weighted by atomic mass is 10.2. The average Bonchev–Trinajstić information content (AvgIpc) is 1.96. The van der Waals surface area contributed by atoms with Gasteiger partial charge in [-0.25, -0.2) is 13.1 Å². The Morgan fingerprint density at radius 2 is 2.14 bits per heavy atom. The van der Waals surface area contributed by atoms with Gasteiger partial charge in [0.2, 0.25) is 10.0 Å². The second-order valence-corrected chi connectivity index (χ2v) is 5.58. The standard InChI is InChI=1S/C8H18N2O3S/c1-7(2)13-3-4-14(11,12)10-8-5-9-6-8/h7-10H,3-6H2,1-2H3. The van der Waals surface area contributed by atoms with E-state index in [1.54, 1.807) is 0 Å². The lowest BCUT2D eigenvalue weighted by Gasteiger charge is -2.27. The minimum Gasteiger partial charge on any atom is -0.378 e. The fourth-order valence-electron chi connectivity index (χ4n) is 1.08. The molecular formula is C8H18N2O3S. The van der Waals surface area contributed by atoms with Gasteiger partial charge in [0, 0.05) is 19.1 Å². The zero-order valence-corrected chi connectivity index (χ0v) is 9.43. The van der Waals surface area contributed by atoms with E-state index in [0.29, 0.717) is 0 Å². The maximum Gasteiger partial charge on any atom is 0.214 e. The first-order valence-electron chi connectivity index (χ1n) is 4.82. The van der Waals surface area contributed by atoms with E-state index in [0.717, 1.165) is 13.1 Å². The van der Waals surface area contributed by atoms with E-state index < -0.39 is 10.0 Å². The number of sulfonamides is 1. The average molecular weight is 222 g/mol. The summed E-state index contributed by atoms with van der Waals surface area (Å²) in [7, 11) is -3.15. The quantitative estimate of drug-likeness (QED) is 0.624. The summed E-state index contributed by atoms with van der Waals surface area (Å²) in [4.78, 5) is 0. The van der Waals surface area contributed by atoms with Crippen LogP contribution in [0.2, 0.25) is 0 Å². The van der Waals surface area contributed by atoms with Gasteiger partial charge in [0.1, 0.15) is 0 Å². The highest BCUT2D eigenvalue weighted by Gasteiger charge is 2.22. The van der Waals surface area contributed by atoms with E-state index in [2.05, 4.69) is 10.0 Å². The number of hydrogen-bond donors (Lipinski definition) is 2. The van der Waals surface area contributed by atoms with E-state index in [1.165, 1.54) is 0 Å². The molecule has 0 aliphatic carbocycles. The predicted molar refractivity (Wildman–Crippen MR) is 54.7 cm³/mol. The first-order chi connectivity index (χ1) is 6.49. The zero-order chi connectivity index (χ0) is 10.6. The number of rotatable bonds is 6. The monoisotopic (exact) mass is 222 g/mol. The van der Waals surface area contributed by atoms with Crippen LogP contribution in [0.5, 0.6) is 0 Å². The van der Waals surface area contributed by atoms with Gasteiger partial charge in [-0.2, -0.15) is 0 Å². The van der Waals surface area contributed by atoms with Crippen LogP contribution < -0.4 is 10.0 Å². The number of hydrogen-bond acceptors (Lipinski definition) is 4. The molecule has 1 saturated heterocycles.